The maximum absolute atomic E-state index is 13.4. The number of phenolic OH excluding ortho intramolecular Hbond substituents is 1. The molecule has 4 N–H and O–H groups in total. The predicted molar refractivity (Wildman–Crippen MR) is 128 cm³/mol. The summed E-state index contributed by atoms with van der Waals surface area (Å²) in [5.74, 6) is -1.80. The molecule has 0 aromatic heterocycles. The van der Waals surface area contributed by atoms with Crippen LogP contribution in [0.3, 0.4) is 0 Å². The Bertz CT molecular complexity index is 1280. The second-order valence-electron chi connectivity index (χ2n) is 8.88. The minimum atomic E-state index is -2.15. The fourth-order valence-corrected chi connectivity index (χ4v) is 5.83. The molecule has 0 spiro atoms. The van der Waals surface area contributed by atoms with E-state index in [0.717, 1.165) is 0 Å². The quantitative estimate of drug-likeness (QED) is 0.386. The zero-order valence-corrected chi connectivity index (χ0v) is 20.0. The lowest BCUT2D eigenvalue weighted by molar-refractivity contribution is -0.157. The third-order valence-electron chi connectivity index (χ3n) is 7.24. The number of rotatable bonds is 6. The van der Waals surface area contributed by atoms with Gasteiger partial charge >= 0.3 is 0 Å². The topological polar surface area (TPSA) is 127 Å². The van der Waals surface area contributed by atoms with Crippen LogP contribution in [-0.2, 0) is 20.8 Å². The first-order valence-electron chi connectivity index (χ1n) is 11.4. The lowest BCUT2D eigenvalue weighted by atomic mass is 9.70. The Morgan fingerprint density at radius 1 is 1.00 bits per heavy atom. The Morgan fingerprint density at radius 3 is 2.31 bits per heavy atom. The molecule has 188 valence electrons. The number of hydrogen-bond acceptors (Lipinski definition) is 8. The highest BCUT2D eigenvalue weighted by molar-refractivity contribution is 5.82. The van der Waals surface area contributed by atoms with E-state index in [-0.39, 0.29) is 22.8 Å². The Labute approximate surface area is 207 Å². The number of fused-ring (bicyclic) bond motifs is 3. The number of benzene rings is 3. The molecule has 1 aliphatic heterocycles. The molecule has 9 heteroatoms. The average molecular weight is 494 g/mol. The summed E-state index contributed by atoms with van der Waals surface area (Å²) in [6.45, 7) is 0. The molecule has 2 aliphatic rings. The number of aromatic hydroxyl groups is 1. The van der Waals surface area contributed by atoms with Gasteiger partial charge in [0.2, 0.25) is 5.91 Å². The molecule has 1 aliphatic carbocycles. The lowest BCUT2D eigenvalue weighted by Gasteiger charge is -2.40. The molecule has 3 aromatic rings. The van der Waals surface area contributed by atoms with Gasteiger partial charge in [0.15, 0.2) is 11.2 Å². The molecule has 1 saturated carbocycles. The zero-order valence-electron chi connectivity index (χ0n) is 20.0. The van der Waals surface area contributed by atoms with Crippen LogP contribution in [0, 0.1) is 5.92 Å². The Kier molecular flexibility index (Phi) is 5.78. The van der Waals surface area contributed by atoms with Crippen molar-refractivity contribution in [2.75, 3.05) is 21.3 Å². The van der Waals surface area contributed by atoms with E-state index in [1.807, 2.05) is 18.2 Å². The number of nitrogens with one attached hydrogen (secondary N) is 1. The summed E-state index contributed by atoms with van der Waals surface area (Å²) in [7, 11) is 4.22. The van der Waals surface area contributed by atoms with Gasteiger partial charge < -0.3 is 29.5 Å². The number of carbonyl (C=O) groups is 1. The third-order valence-corrected chi connectivity index (χ3v) is 7.24. The molecule has 1 heterocycles. The van der Waals surface area contributed by atoms with Crippen molar-refractivity contribution in [1.29, 1.82) is 0 Å². The maximum Gasteiger partial charge on any atom is 0.250 e. The number of aliphatic hydroxyl groups is 2. The van der Waals surface area contributed by atoms with Crippen LogP contribution in [0.4, 0.5) is 0 Å². The van der Waals surface area contributed by atoms with Crippen molar-refractivity contribution >= 4 is 5.91 Å². The highest BCUT2D eigenvalue weighted by atomic mass is 16.6. The number of carbonyl (C=O) groups excluding carboxylic acids is 1. The second kappa shape index (κ2) is 8.70. The summed E-state index contributed by atoms with van der Waals surface area (Å²) in [6.07, 6.45) is -1.64. The van der Waals surface area contributed by atoms with Crippen molar-refractivity contribution < 1.29 is 39.2 Å². The fourth-order valence-electron chi connectivity index (χ4n) is 5.83. The summed E-state index contributed by atoms with van der Waals surface area (Å²) in [5, 5.41) is 34.5. The SMILES string of the molecule is CONC(=O)C1[C@@H](c2ccccc2)C2(c3ccc(O)cc3)Oc3cc(OC)cc(OC)c3[C@]2(O)[C@@H]1O. The Hall–Kier alpha value is -3.79. The molecule has 9 nitrogen and oxygen atoms in total. The van der Waals surface area contributed by atoms with E-state index in [9.17, 15) is 20.1 Å². The van der Waals surface area contributed by atoms with E-state index in [4.69, 9.17) is 19.0 Å². The number of methoxy groups -OCH3 is 2. The van der Waals surface area contributed by atoms with E-state index >= 15 is 0 Å². The number of phenols is 1. The lowest BCUT2D eigenvalue weighted by Crippen LogP contribution is -2.52. The first-order valence-corrected chi connectivity index (χ1v) is 11.4. The van der Waals surface area contributed by atoms with Gasteiger partial charge in [0.1, 0.15) is 29.1 Å². The van der Waals surface area contributed by atoms with Gasteiger partial charge in [-0.1, -0.05) is 42.5 Å². The summed E-state index contributed by atoms with van der Waals surface area (Å²) in [5.41, 5.74) is -0.237. The van der Waals surface area contributed by atoms with Gasteiger partial charge in [-0.2, -0.15) is 0 Å². The highest BCUT2D eigenvalue weighted by Gasteiger charge is 2.78. The van der Waals surface area contributed by atoms with Crippen LogP contribution in [-0.4, -0.2) is 48.7 Å². The standard InChI is InChI=1S/C27H27NO8/c1-33-18-13-19(34-2)23-20(14-18)36-27(16-9-11-17(29)12-10-16)22(15-7-5-4-6-8-15)21(25(31)28-35-3)24(30)26(23,27)32/h4-14,21-22,24,29-30,32H,1-3H3,(H,28,31)/t21?,22-,24-,26+,27?/m1/s1. The monoisotopic (exact) mass is 493 g/mol. The average Bonchev–Trinajstić information content (AvgIpc) is 3.27. The summed E-state index contributed by atoms with van der Waals surface area (Å²) >= 11 is 0. The predicted octanol–water partition coefficient (Wildman–Crippen LogP) is 2.34. The largest absolute Gasteiger partial charge is 0.508 e. The molecule has 36 heavy (non-hydrogen) atoms. The van der Waals surface area contributed by atoms with Gasteiger partial charge in [-0.15, -0.1) is 0 Å². The summed E-state index contributed by atoms with van der Waals surface area (Å²) < 4.78 is 17.7. The van der Waals surface area contributed by atoms with E-state index in [2.05, 4.69) is 5.48 Å². The van der Waals surface area contributed by atoms with Crippen molar-refractivity contribution in [3.05, 3.63) is 83.4 Å². The number of ether oxygens (including phenoxy) is 3. The van der Waals surface area contributed by atoms with Gasteiger partial charge in [-0.3, -0.25) is 9.63 Å². The molecule has 5 atom stereocenters. The highest BCUT2D eigenvalue weighted by Crippen LogP contribution is 2.70. The van der Waals surface area contributed by atoms with Crippen LogP contribution in [0.5, 0.6) is 23.0 Å². The molecule has 5 rings (SSSR count). The summed E-state index contributed by atoms with van der Waals surface area (Å²) in [6, 6.07) is 18.4. The minimum Gasteiger partial charge on any atom is -0.508 e. The Morgan fingerprint density at radius 2 is 1.69 bits per heavy atom. The van der Waals surface area contributed by atoms with Crippen LogP contribution in [0.25, 0.3) is 0 Å². The van der Waals surface area contributed by atoms with Crippen LogP contribution in [0.1, 0.15) is 22.6 Å². The smallest absolute Gasteiger partial charge is 0.250 e. The second-order valence-corrected chi connectivity index (χ2v) is 8.88. The van der Waals surface area contributed by atoms with E-state index < -0.39 is 35.0 Å². The normalized spacial score (nSPS) is 28.1. The van der Waals surface area contributed by atoms with E-state index in [1.54, 1.807) is 36.4 Å². The van der Waals surface area contributed by atoms with Crippen molar-refractivity contribution in [2.24, 2.45) is 5.92 Å². The van der Waals surface area contributed by atoms with Gasteiger partial charge in [-0.05, 0) is 23.3 Å². The van der Waals surface area contributed by atoms with Crippen molar-refractivity contribution in [3.8, 4) is 23.0 Å². The molecule has 0 saturated heterocycles. The minimum absolute atomic E-state index is 0.0110. The first kappa shape index (κ1) is 23.9. The van der Waals surface area contributed by atoms with Gasteiger partial charge in [0.05, 0.1) is 32.8 Å². The fraction of sp³-hybridized carbons (Fsp3) is 0.296. The van der Waals surface area contributed by atoms with E-state index in [1.165, 1.54) is 33.5 Å². The van der Waals surface area contributed by atoms with Crippen molar-refractivity contribution in [2.45, 2.75) is 23.2 Å². The molecular formula is C27H27NO8. The molecule has 0 radical (unpaired) electrons. The van der Waals surface area contributed by atoms with Crippen molar-refractivity contribution in [1.82, 2.24) is 5.48 Å². The van der Waals surface area contributed by atoms with Crippen LogP contribution in [0.2, 0.25) is 0 Å². The molecule has 2 unspecified atom stereocenters. The van der Waals surface area contributed by atoms with Crippen LogP contribution < -0.4 is 19.7 Å². The summed E-state index contributed by atoms with van der Waals surface area (Å²) in [4.78, 5) is 18.2. The number of hydrogen-bond donors (Lipinski definition) is 4. The number of aliphatic hydroxyl groups excluding tert-OH is 1. The molecule has 0 bridgehead atoms. The van der Waals surface area contributed by atoms with Gasteiger partial charge in [-0.25, -0.2) is 5.48 Å². The zero-order chi connectivity index (χ0) is 25.7. The van der Waals surface area contributed by atoms with Crippen LogP contribution >= 0.6 is 0 Å². The van der Waals surface area contributed by atoms with Gasteiger partial charge in [0.25, 0.3) is 0 Å². The maximum atomic E-state index is 13.4. The third kappa shape index (κ3) is 3.10. The molecule has 1 fully saturated rings. The number of amides is 1. The number of hydroxylamine groups is 1. The first-order chi connectivity index (χ1) is 17.3. The molecule has 3 aromatic carbocycles. The van der Waals surface area contributed by atoms with Crippen molar-refractivity contribution in [3.63, 3.8) is 0 Å². The van der Waals surface area contributed by atoms with E-state index in [0.29, 0.717) is 16.9 Å². The molecule has 1 amide bonds. The van der Waals surface area contributed by atoms with Crippen LogP contribution in [0.15, 0.2) is 66.7 Å². The van der Waals surface area contributed by atoms with Gasteiger partial charge in [0, 0.05) is 18.1 Å². The molecular weight excluding hydrogens is 466 g/mol. The Balaban J connectivity index is 1.88.